The van der Waals surface area contributed by atoms with Crippen molar-refractivity contribution in [2.24, 2.45) is 5.14 Å². The molecule has 1 heterocycles. The highest BCUT2D eigenvalue weighted by molar-refractivity contribution is 7.89. The lowest BCUT2D eigenvalue weighted by Crippen LogP contribution is -2.16. The molecule has 0 saturated carbocycles. The number of carboxylic acids is 1. The third-order valence-corrected chi connectivity index (χ3v) is 4.59. The first kappa shape index (κ1) is 18.7. The Morgan fingerprint density at radius 2 is 1.88 bits per heavy atom. The number of carbonyl (C=O) groups is 2. The molecule has 8 nitrogen and oxygen atoms in total. The van der Waals surface area contributed by atoms with Gasteiger partial charge in [-0.15, -0.1) is 0 Å². The van der Waals surface area contributed by atoms with E-state index < -0.39 is 21.9 Å². The number of amides is 1. The predicted octanol–water partition coefficient (Wildman–Crippen LogP) is 2.00. The van der Waals surface area contributed by atoms with E-state index >= 15 is 0 Å². The molecule has 0 spiro atoms. The van der Waals surface area contributed by atoms with Crippen LogP contribution in [0.1, 0.15) is 46.1 Å². The molecular formula is C16H18N2O6S. The minimum absolute atomic E-state index is 0.0762. The molecule has 0 aliphatic carbocycles. The zero-order valence-corrected chi connectivity index (χ0v) is 14.5. The van der Waals surface area contributed by atoms with E-state index in [1.807, 2.05) is 0 Å². The lowest BCUT2D eigenvalue weighted by molar-refractivity contribution is 0.0694. The van der Waals surface area contributed by atoms with Crippen LogP contribution in [0.4, 0.5) is 5.69 Å². The van der Waals surface area contributed by atoms with Crippen LogP contribution in [0.5, 0.6) is 0 Å². The van der Waals surface area contributed by atoms with E-state index in [-0.39, 0.29) is 27.7 Å². The van der Waals surface area contributed by atoms with Crippen LogP contribution in [0, 0.1) is 0 Å². The van der Waals surface area contributed by atoms with E-state index in [9.17, 15) is 18.0 Å². The van der Waals surface area contributed by atoms with Gasteiger partial charge in [0, 0.05) is 18.2 Å². The van der Waals surface area contributed by atoms with Crippen LogP contribution in [-0.4, -0.2) is 25.4 Å². The Balaban J connectivity index is 2.34. The predicted molar refractivity (Wildman–Crippen MR) is 90.2 cm³/mol. The second-order valence-electron chi connectivity index (χ2n) is 5.28. The summed E-state index contributed by atoms with van der Waals surface area (Å²) in [5, 5.41) is 16.8. The third-order valence-electron chi connectivity index (χ3n) is 3.60. The second-order valence-corrected chi connectivity index (χ2v) is 6.81. The number of benzene rings is 1. The highest BCUT2D eigenvalue weighted by Gasteiger charge is 2.21. The Morgan fingerprint density at radius 1 is 1.20 bits per heavy atom. The van der Waals surface area contributed by atoms with Crippen LogP contribution in [0.3, 0.4) is 0 Å². The maximum atomic E-state index is 12.3. The van der Waals surface area contributed by atoms with Gasteiger partial charge in [0.15, 0.2) is 5.76 Å². The average molecular weight is 366 g/mol. The van der Waals surface area contributed by atoms with Gasteiger partial charge in [-0.25, -0.2) is 18.4 Å². The van der Waals surface area contributed by atoms with Crippen LogP contribution < -0.4 is 10.5 Å². The Kier molecular flexibility index (Phi) is 5.29. The van der Waals surface area contributed by atoms with E-state index in [4.69, 9.17) is 14.7 Å². The van der Waals surface area contributed by atoms with Crippen LogP contribution >= 0.6 is 0 Å². The Morgan fingerprint density at radius 3 is 2.36 bits per heavy atom. The highest BCUT2D eigenvalue weighted by atomic mass is 32.2. The zero-order valence-electron chi connectivity index (χ0n) is 13.7. The molecule has 0 atom stereocenters. The summed E-state index contributed by atoms with van der Waals surface area (Å²) in [7, 11) is -3.94. The van der Waals surface area contributed by atoms with Gasteiger partial charge in [0.05, 0.1) is 4.90 Å². The molecule has 0 aliphatic heterocycles. The number of aromatic carboxylic acids is 1. The lowest BCUT2D eigenvalue weighted by atomic mass is 10.1. The first-order chi connectivity index (χ1) is 11.7. The number of aryl methyl sites for hydroxylation is 2. The number of rotatable bonds is 6. The number of primary sulfonamides is 1. The number of hydrogen-bond donors (Lipinski definition) is 3. The molecule has 0 bridgehead atoms. The lowest BCUT2D eigenvalue weighted by Gasteiger charge is -2.09. The van der Waals surface area contributed by atoms with E-state index in [1.165, 1.54) is 12.1 Å². The summed E-state index contributed by atoms with van der Waals surface area (Å²) >= 11 is 0. The highest BCUT2D eigenvalue weighted by Crippen LogP contribution is 2.22. The molecule has 4 N–H and O–H groups in total. The Bertz CT molecular complexity index is 930. The molecule has 25 heavy (non-hydrogen) atoms. The minimum atomic E-state index is -3.94. The van der Waals surface area contributed by atoms with Crippen LogP contribution in [0.25, 0.3) is 0 Å². The molecule has 0 unspecified atom stereocenters. The van der Waals surface area contributed by atoms with E-state index in [0.29, 0.717) is 18.4 Å². The van der Waals surface area contributed by atoms with E-state index in [0.717, 1.165) is 6.07 Å². The van der Waals surface area contributed by atoms with Crippen molar-refractivity contribution < 1.29 is 27.5 Å². The topological polar surface area (TPSA) is 140 Å². The van der Waals surface area contributed by atoms with Crippen LogP contribution in [0.15, 0.2) is 33.6 Å². The molecule has 0 radical (unpaired) electrons. The summed E-state index contributed by atoms with van der Waals surface area (Å²) in [6, 6.07) is 5.48. The van der Waals surface area contributed by atoms with Crippen molar-refractivity contribution >= 4 is 27.6 Å². The molecule has 0 aliphatic rings. The zero-order chi connectivity index (χ0) is 18.8. The molecule has 134 valence electrons. The maximum Gasteiger partial charge on any atom is 0.339 e. The molecule has 2 aromatic rings. The van der Waals surface area contributed by atoms with Gasteiger partial charge in [0.25, 0.3) is 5.91 Å². The Hall–Kier alpha value is -2.65. The molecule has 0 saturated heterocycles. The number of carbonyl (C=O) groups excluding carboxylic acids is 1. The van der Waals surface area contributed by atoms with Crippen molar-refractivity contribution in [2.75, 3.05) is 5.32 Å². The SMILES string of the molecule is CCc1ccc(NC(=O)c2cc(C(=O)O)c(CC)o2)cc1S(N)(=O)=O. The van der Waals surface area contributed by atoms with Gasteiger partial charge in [0.1, 0.15) is 11.3 Å². The van der Waals surface area contributed by atoms with Gasteiger partial charge in [-0.1, -0.05) is 19.9 Å². The third kappa shape index (κ3) is 4.06. The molecule has 2 rings (SSSR count). The fourth-order valence-electron chi connectivity index (χ4n) is 2.37. The van der Waals surface area contributed by atoms with Gasteiger partial charge in [-0.2, -0.15) is 0 Å². The smallest absolute Gasteiger partial charge is 0.339 e. The number of furan rings is 1. The number of nitrogens with one attached hydrogen (secondary N) is 1. The maximum absolute atomic E-state index is 12.3. The number of carboxylic acid groups (broad SMARTS) is 1. The first-order valence-electron chi connectivity index (χ1n) is 7.50. The summed E-state index contributed by atoms with van der Waals surface area (Å²) in [5.74, 6) is -1.87. The molecule has 1 amide bonds. The minimum Gasteiger partial charge on any atom is -0.478 e. The number of hydrogen-bond acceptors (Lipinski definition) is 5. The van der Waals surface area contributed by atoms with Gasteiger partial charge in [0.2, 0.25) is 10.0 Å². The van der Waals surface area contributed by atoms with Gasteiger partial charge < -0.3 is 14.8 Å². The van der Waals surface area contributed by atoms with Crippen molar-refractivity contribution in [3.63, 3.8) is 0 Å². The summed E-state index contributed by atoms with van der Waals surface area (Å²) in [6.45, 7) is 3.49. The number of sulfonamides is 1. The van der Waals surface area contributed by atoms with Crippen LogP contribution in [0.2, 0.25) is 0 Å². The molecule has 9 heteroatoms. The second kappa shape index (κ2) is 7.08. The van der Waals surface area contributed by atoms with Crippen molar-refractivity contribution in [1.82, 2.24) is 0 Å². The quantitative estimate of drug-likeness (QED) is 0.714. The molecule has 0 fully saturated rings. The molecule has 1 aromatic carbocycles. The number of nitrogens with two attached hydrogens (primary N) is 1. The van der Waals surface area contributed by atoms with Crippen molar-refractivity contribution in [3.05, 3.63) is 46.9 Å². The fourth-order valence-corrected chi connectivity index (χ4v) is 3.24. The van der Waals surface area contributed by atoms with Crippen molar-refractivity contribution in [1.29, 1.82) is 0 Å². The standard InChI is InChI=1S/C16H18N2O6S/c1-3-9-5-6-10(7-14(9)25(17,22)23)18-15(19)13-8-11(16(20)21)12(4-2)24-13/h5-8H,3-4H2,1-2H3,(H,18,19)(H,20,21)(H2,17,22,23). The van der Waals surface area contributed by atoms with Gasteiger partial charge >= 0.3 is 5.97 Å². The summed E-state index contributed by atoms with van der Waals surface area (Å²) in [4.78, 5) is 23.3. The monoisotopic (exact) mass is 366 g/mol. The molecular weight excluding hydrogens is 348 g/mol. The van der Waals surface area contributed by atoms with Gasteiger partial charge in [-0.3, -0.25) is 4.79 Å². The Labute approximate surface area is 144 Å². The van der Waals surface area contributed by atoms with E-state index in [2.05, 4.69) is 5.32 Å². The van der Waals surface area contributed by atoms with Crippen LogP contribution in [-0.2, 0) is 22.9 Å². The van der Waals surface area contributed by atoms with Gasteiger partial charge in [-0.05, 0) is 24.1 Å². The van der Waals surface area contributed by atoms with Crippen molar-refractivity contribution in [2.45, 2.75) is 31.6 Å². The normalized spacial score (nSPS) is 11.3. The summed E-state index contributed by atoms with van der Waals surface area (Å²) in [6.07, 6.45) is 0.773. The average Bonchev–Trinajstić information content (AvgIpc) is 2.98. The largest absolute Gasteiger partial charge is 0.478 e. The molecule has 1 aromatic heterocycles. The fraction of sp³-hybridized carbons (Fsp3) is 0.250. The van der Waals surface area contributed by atoms with Crippen molar-refractivity contribution in [3.8, 4) is 0 Å². The van der Waals surface area contributed by atoms with E-state index in [1.54, 1.807) is 19.9 Å². The summed E-state index contributed by atoms with van der Waals surface area (Å²) < 4.78 is 28.6. The first-order valence-corrected chi connectivity index (χ1v) is 9.05. The number of anilines is 1. The summed E-state index contributed by atoms with van der Waals surface area (Å²) in [5.41, 5.74) is 0.650.